The average molecular weight is 408 g/mol. The number of piperazine rings is 1. The third-order valence-electron chi connectivity index (χ3n) is 4.96. The van der Waals surface area contributed by atoms with Gasteiger partial charge < -0.3 is 9.80 Å². The van der Waals surface area contributed by atoms with Crippen LogP contribution in [0.5, 0.6) is 0 Å². The van der Waals surface area contributed by atoms with Gasteiger partial charge in [0.2, 0.25) is 0 Å². The second-order valence-corrected chi connectivity index (χ2v) is 7.98. The first-order valence-electron chi connectivity index (χ1n) is 9.33. The molecular weight excluding hydrogens is 388 g/mol. The van der Waals surface area contributed by atoms with Crippen molar-refractivity contribution in [3.05, 3.63) is 74.7 Å². The van der Waals surface area contributed by atoms with E-state index in [9.17, 15) is 14.9 Å². The standard InChI is InChI=1S/C21H20N4O3S/c1-15-2-6-17(7-3-15)23-10-12-24(13-11-23)21-22-20(26)19(29-21)14-16-4-8-18(9-5-16)25(27)28/h2-9,14H,10-13H2,1H3/b19-14-. The predicted octanol–water partition coefficient (Wildman–Crippen LogP) is 3.70. The lowest BCUT2D eigenvalue weighted by Crippen LogP contribution is -2.47. The fourth-order valence-corrected chi connectivity index (χ4v) is 4.25. The summed E-state index contributed by atoms with van der Waals surface area (Å²) in [5, 5.41) is 11.5. The number of amides is 1. The van der Waals surface area contributed by atoms with Crippen LogP contribution in [-0.2, 0) is 4.79 Å². The van der Waals surface area contributed by atoms with Crippen LogP contribution in [0.25, 0.3) is 6.08 Å². The summed E-state index contributed by atoms with van der Waals surface area (Å²) in [6.45, 7) is 5.43. The Labute approximate surface area is 172 Å². The molecular formula is C21H20N4O3S. The number of hydrogen-bond acceptors (Lipinski definition) is 6. The summed E-state index contributed by atoms with van der Waals surface area (Å²) in [5.74, 6) is -0.260. The molecule has 1 saturated heterocycles. The Morgan fingerprint density at radius 3 is 2.24 bits per heavy atom. The number of amidine groups is 1. The van der Waals surface area contributed by atoms with Gasteiger partial charge in [0.25, 0.3) is 11.6 Å². The van der Waals surface area contributed by atoms with Crippen LogP contribution in [0.1, 0.15) is 11.1 Å². The zero-order chi connectivity index (χ0) is 20.4. The van der Waals surface area contributed by atoms with Gasteiger partial charge in [-0.15, -0.1) is 0 Å². The molecule has 0 aromatic heterocycles. The van der Waals surface area contributed by atoms with Crippen LogP contribution in [0.15, 0.2) is 58.4 Å². The zero-order valence-corrected chi connectivity index (χ0v) is 16.8. The summed E-state index contributed by atoms with van der Waals surface area (Å²) in [6.07, 6.45) is 1.73. The minimum atomic E-state index is -0.441. The smallest absolute Gasteiger partial charge is 0.286 e. The third kappa shape index (κ3) is 4.32. The van der Waals surface area contributed by atoms with Crippen LogP contribution in [0.3, 0.4) is 0 Å². The average Bonchev–Trinajstić information content (AvgIpc) is 3.09. The van der Waals surface area contributed by atoms with Crippen LogP contribution in [0, 0.1) is 17.0 Å². The first kappa shape index (κ1) is 19.2. The Kier molecular flexibility index (Phi) is 5.35. The van der Waals surface area contributed by atoms with Crippen LogP contribution in [-0.4, -0.2) is 47.1 Å². The Balaban J connectivity index is 1.38. The lowest BCUT2D eigenvalue weighted by molar-refractivity contribution is -0.384. The van der Waals surface area contributed by atoms with Gasteiger partial charge in [-0.3, -0.25) is 14.9 Å². The summed E-state index contributed by atoms with van der Waals surface area (Å²) in [7, 11) is 0. The van der Waals surface area contributed by atoms with E-state index in [-0.39, 0.29) is 11.6 Å². The molecule has 29 heavy (non-hydrogen) atoms. The van der Waals surface area contributed by atoms with Gasteiger partial charge in [-0.2, -0.15) is 4.99 Å². The minimum absolute atomic E-state index is 0.0286. The molecule has 2 heterocycles. The summed E-state index contributed by atoms with van der Waals surface area (Å²) < 4.78 is 0. The van der Waals surface area contributed by atoms with E-state index in [1.807, 2.05) is 0 Å². The van der Waals surface area contributed by atoms with E-state index in [0.29, 0.717) is 4.91 Å². The van der Waals surface area contributed by atoms with Crippen molar-refractivity contribution in [2.75, 3.05) is 31.1 Å². The van der Waals surface area contributed by atoms with Gasteiger partial charge in [0.1, 0.15) is 0 Å². The number of nitro groups is 1. The molecule has 0 atom stereocenters. The van der Waals surface area contributed by atoms with E-state index in [4.69, 9.17) is 0 Å². The Bertz CT molecular complexity index is 992. The van der Waals surface area contributed by atoms with E-state index >= 15 is 0 Å². The fraction of sp³-hybridized carbons (Fsp3) is 0.238. The lowest BCUT2D eigenvalue weighted by Gasteiger charge is -2.36. The lowest BCUT2D eigenvalue weighted by atomic mass is 10.2. The first-order valence-corrected chi connectivity index (χ1v) is 10.1. The van der Waals surface area contributed by atoms with E-state index in [2.05, 4.69) is 46.0 Å². The number of rotatable bonds is 3. The summed E-state index contributed by atoms with van der Waals surface area (Å²) in [6, 6.07) is 14.7. The number of non-ortho nitro benzene ring substituents is 1. The van der Waals surface area contributed by atoms with Crippen molar-refractivity contribution in [1.82, 2.24) is 4.90 Å². The highest BCUT2D eigenvalue weighted by Gasteiger charge is 2.28. The van der Waals surface area contributed by atoms with E-state index in [0.717, 1.165) is 36.9 Å². The normalized spacial score (nSPS) is 18.3. The molecule has 0 unspecified atom stereocenters. The molecule has 0 aliphatic carbocycles. The van der Waals surface area contributed by atoms with Gasteiger partial charge in [-0.1, -0.05) is 17.7 Å². The van der Waals surface area contributed by atoms with Gasteiger partial charge >= 0.3 is 0 Å². The third-order valence-corrected chi connectivity index (χ3v) is 6.00. The zero-order valence-electron chi connectivity index (χ0n) is 15.9. The fourth-order valence-electron chi connectivity index (χ4n) is 3.29. The number of thioether (sulfide) groups is 1. The second-order valence-electron chi connectivity index (χ2n) is 6.97. The van der Waals surface area contributed by atoms with Crippen molar-refractivity contribution >= 4 is 40.3 Å². The molecule has 1 amide bonds. The van der Waals surface area contributed by atoms with Crippen molar-refractivity contribution in [3.8, 4) is 0 Å². The van der Waals surface area contributed by atoms with Crippen molar-refractivity contribution in [1.29, 1.82) is 0 Å². The van der Waals surface area contributed by atoms with Gasteiger partial charge in [0.05, 0.1) is 9.83 Å². The van der Waals surface area contributed by atoms with E-state index in [1.54, 1.807) is 18.2 Å². The van der Waals surface area contributed by atoms with Gasteiger partial charge in [0, 0.05) is 44.0 Å². The Hall–Kier alpha value is -3.13. The Morgan fingerprint density at radius 1 is 1.00 bits per heavy atom. The molecule has 0 N–H and O–H groups in total. The van der Waals surface area contributed by atoms with Gasteiger partial charge in [-0.05, 0) is 54.6 Å². The highest BCUT2D eigenvalue weighted by Crippen LogP contribution is 2.31. The van der Waals surface area contributed by atoms with Gasteiger partial charge in [-0.25, -0.2) is 0 Å². The first-order chi connectivity index (χ1) is 14.0. The number of aliphatic imine (C=N–C) groups is 1. The SMILES string of the molecule is Cc1ccc(N2CCN(C3=NC(=O)/C(=C/c4ccc([N+](=O)[O-])cc4)S3)CC2)cc1. The molecule has 8 heteroatoms. The summed E-state index contributed by atoms with van der Waals surface area (Å²) in [4.78, 5) is 31.9. The second kappa shape index (κ2) is 8.08. The number of benzene rings is 2. The molecule has 2 aliphatic rings. The molecule has 2 aromatic rings. The van der Waals surface area contributed by atoms with Gasteiger partial charge in [0.15, 0.2) is 5.17 Å². The molecule has 2 aliphatic heterocycles. The van der Waals surface area contributed by atoms with Crippen molar-refractivity contribution in [3.63, 3.8) is 0 Å². The van der Waals surface area contributed by atoms with Crippen molar-refractivity contribution in [2.45, 2.75) is 6.92 Å². The monoisotopic (exact) mass is 408 g/mol. The summed E-state index contributed by atoms with van der Waals surface area (Å²) >= 11 is 1.36. The van der Waals surface area contributed by atoms with Crippen molar-refractivity contribution in [2.24, 2.45) is 4.99 Å². The summed E-state index contributed by atoms with van der Waals surface area (Å²) in [5.41, 5.74) is 3.23. The number of nitrogens with zero attached hydrogens (tertiary/aromatic N) is 4. The number of carbonyl (C=O) groups excluding carboxylic acids is 1. The maximum absolute atomic E-state index is 12.3. The quantitative estimate of drug-likeness (QED) is 0.438. The maximum Gasteiger partial charge on any atom is 0.286 e. The number of aryl methyl sites for hydroxylation is 1. The van der Waals surface area contributed by atoms with E-state index in [1.165, 1.54) is 35.1 Å². The number of carbonyl (C=O) groups is 1. The van der Waals surface area contributed by atoms with Crippen molar-refractivity contribution < 1.29 is 9.72 Å². The topological polar surface area (TPSA) is 79.0 Å². The molecule has 0 bridgehead atoms. The highest BCUT2D eigenvalue weighted by molar-refractivity contribution is 8.18. The predicted molar refractivity (Wildman–Crippen MR) is 116 cm³/mol. The molecule has 0 radical (unpaired) electrons. The molecule has 0 spiro atoms. The number of anilines is 1. The number of hydrogen-bond donors (Lipinski definition) is 0. The maximum atomic E-state index is 12.3. The molecule has 4 rings (SSSR count). The Morgan fingerprint density at radius 2 is 1.62 bits per heavy atom. The molecule has 7 nitrogen and oxygen atoms in total. The van der Waals surface area contributed by atoms with Crippen LogP contribution < -0.4 is 4.90 Å². The highest BCUT2D eigenvalue weighted by atomic mass is 32.2. The van der Waals surface area contributed by atoms with E-state index < -0.39 is 4.92 Å². The van der Waals surface area contributed by atoms with Crippen LogP contribution >= 0.6 is 11.8 Å². The molecule has 148 valence electrons. The minimum Gasteiger partial charge on any atom is -0.368 e. The molecule has 1 fully saturated rings. The van der Waals surface area contributed by atoms with Crippen LogP contribution in [0.2, 0.25) is 0 Å². The van der Waals surface area contributed by atoms with Crippen LogP contribution in [0.4, 0.5) is 11.4 Å². The largest absolute Gasteiger partial charge is 0.368 e. The molecule has 0 saturated carbocycles. The molecule has 2 aromatic carbocycles. The number of nitro benzene ring substituents is 1.